The van der Waals surface area contributed by atoms with Crippen LogP contribution in [0.25, 0.3) is 10.9 Å². The number of anilines is 3. The third-order valence-electron chi connectivity index (χ3n) is 5.35. The Kier molecular flexibility index (Phi) is 5.86. The normalized spacial score (nSPS) is 10.6. The molecule has 0 spiro atoms. The quantitative estimate of drug-likeness (QED) is 0.303. The standard InChI is InChI=1S/C28H22N4O2/c1-19-5-2-10-25-26(13-16-30-27(19)25)31-21-7-3-6-20(17-21)28(33)32-22-8-4-9-24(18-22)34-23-11-14-29-15-12-23/h2-18H,1H3,(H,30,31)(H,32,33). The highest BCUT2D eigenvalue weighted by Crippen LogP contribution is 2.28. The predicted molar refractivity (Wildman–Crippen MR) is 135 cm³/mol. The smallest absolute Gasteiger partial charge is 0.255 e. The summed E-state index contributed by atoms with van der Waals surface area (Å²) in [5, 5.41) is 7.40. The van der Waals surface area contributed by atoms with E-state index in [-0.39, 0.29) is 5.91 Å². The van der Waals surface area contributed by atoms with Gasteiger partial charge in [0.25, 0.3) is 5.91 Å². The summed E-state index contributed by atoms with van der Waals surface area (Å²) in [7, 11) is 0. The Morgan fingerprint density at radius 3 is 2.47 bits per heavy atom. The molecule has 3 aromatic carbocycles. The molecule has 2 N–H and O–H groups in total. The van der Waals surface area contributed by atoms with Crippen molar-refractivity contribution in [3.63, 3.8) is 0 Å². The highest BCUT2D eigenvalue weighted by Gasteiger charge is 2.10. The maximum Gasteiger partial charge on any atom is 0.255 e. The first-order valence-corrected chi connectivity index (χ1v) is 10.9. The molecular formula is C28H22N4O2. The summed E-state index contributed by atoms with van der Waals surface area (Å²) in [6.07, 6.45) is 5.12. The third kappa shape index (κ3) is 4.71. The fourth-order valence-electron chi connectivity index (χ4n) is 3.71. The molecule has 0 unspecified atom stereocenters. The van der Waals surface area contributed by atoms with Crippen molar-refractivity contribution in [3.05, 3.63) is 115 Å². The van der Waals surface area contributed by atoms with E-state index in [0.717, 1.165) is 27.8 Å². The summed E-state index contributed by atoms with van der Waals surface area (Å²) in [5.74, 6) is 1.09. The highest BCUT2D eigenvalue weighted by molar-refractivity contribution is 6.05. The van der Waals surface area contributed by atoms with E-state index in [4.69, 9.17) is 4.74 Å². The second-order valence-corrected chi connectivity index (χ2v) is 7.80. The van der Waals surface area contributed by atoms with Gasteiger partial charge in [-0.2, -0.15) is 0 Å². The van der Waals surface area contributed by atoms with Crippen molar-refractivity contribution in [2.45, 2.75) is 6.92 Å². The van der Waals surface area contributed by atoms with Crippen LogP contribution in [0.15, 0.2) is 104 Å². The number of carbonyl (C=O) groups is 1. The lowest BCUT2D eigenvalue weighted by Gasteiger charge is -2.12. The Hall–Kier alpha value is -4.71. The fraction of sp³-hybridized carbons (Fsp3) is 0.0357. The Balaban J connectivity index is 1.33. The summed E-state index contributed by atoms with van der Waals surface area (Å²) < 4.78 is 5.83. The minimum absolute atomic E-state index is 0.208. The third-order valence-corrected chi connectivity index (χ3v) is 5.35. The lowest BCUT2D eigenvalue weighted by atomic mass is 10.1. The van der Waals surface area contributed by atoms with Gasteiger partial charge >= 0.3 is 0 Å². The van der Waals surface area contributed by atoms with Crippen LogP contribution in [0.3, 0.4) is 0 Å². The van der Waals surface area contributed by atoms with Crippen LogP contribution in [-0.2, 0) is 0 Å². The molecule has 0 saturated heterocycles. The first kappa shape index (κ1) is 21.2. The van der Waals surface area contributed by atoms with Gasteiger partial charge in [0.1, 0.15) is 11.5 Å². The van der Waals surface area contributed by atoms with Crippen molar-refractivity contribution in [3.8, 4) is 11.5 Å². The molecule has 0 aliphatic rings. The lowest BCUT2D eigenvalue weighted by molar-refractivity contribution is 0.102. The van der Waals surface area contributed by atoms with Gasteiger partial charge in [-0.15, -0.1) is 0 Å². The number of aromatic nitrogens is 2. The number of benzene rings is 3. The van der Waals surface area contributed by atoms with Crippen molar-refractivity contribution in [1.29, 1.82) is 0 Å². The zero-order valence-electron chi connectivity index (χ0n) is 18.5. The van der Waals surface area contributed by atoms with E-state index in [1.165, 1.54) is 0 Å². The van der Waals surface area contributed by atoms with E-state index in [1.54, 1.807) is 42.9 Å². The average molecular weight is 447 g/mol. The minimum atomic E-state index is -0.208. The van der Waals surface area contributed by atoms with E-state index in [0.29, 0.717) is 22.7 Å². The molecule has 34 heavy (non-hydrogen) atoms. The maximum atomic E-state index is 12.9. The molecule has 1 amide bonds. The van der Waals surface area contributed by atoms with Crippen molar-refractivity contribution in [2.75, 3.05) is 10.6 Å². The number of rotatable bonds is 6. The molecular weight excluding hydrogens is 424 g/mol. The number of nitrogens with one attached hydrogen (secondary N) is 2. The minimum Gasteiger partial charge on any atom is -0.457 e. The lowest BCUT2D eigenvalue weighted by Crippen LogP contribution is -2.12. The largest absolute Gasteiger partial charge is 0.457 e. The van der Waals surface area contributed by atoms with Gasteiger partial charge in [0.05, 0.1) is 5.52 Å². The molecule has 0 aliphatic heterocycles. The van der Waals surface area contributed by atoms with Gasteiger partial charge in [0.2, 0.25) is 0 Å². The molecule has 0 aliphatic carbocycles. The number of pyridine rings is 2. The molecule has 0 fully saturated rings. The molecule has 0 bridgehead atoms. The van der Waals surface area contributed by atoms with Gasteiger partial charge in [-0.3, -0.25) is 14.8 Å². The number of aryl methyl sites for hydroxylation is 1. The zero-order valence-corrected chi connectivity index (χ0v) is 18.5. The van der Waals surface area contributed by atoms with Crippen molar-refractivity contribution >= 4 is 33.9 Å². The number of amides is 1. The van der Waals surface area contributed by atoms with Crippen LogP contribution in [-0.4, -0.2) is 15.9 Å². The van der Waals surface area contributed by atoms with E-state index in [1.807, 2.05) is 67.6 Å². The number of hydrogen-bond donors (Lipinski definition) is 2. The predicted octanol–water partition coefficient (Wildman–Crippen LogP) is 6.73. The van der Waals surface area contributed by atoms with E-state index < -0.39 is 0 Å². The Morgan fingerprint density at radius 2 is 1.59 bits per heavy atom. The van der Waals surface area contributed by atoms with E-state index in [9.17, 15) is 4.79 Å². The number of fused-ring (bicyclic) bond motifs is 1. The van der Waals surface area contributed by atoms with Crippen LogP contribution < -0.4 is 15.4 Å². The monoisotopic (exact) mass is 446 g/mol. The number of hydrogen-bond acceptors (Lipinski definition) is 5. The molecule has 5 rings (SSSR count). The van der Waals surface area contributed by atoms with Crippen molar-refractivity contribution < 1.29 is 9.53 Å². The molecule has 0 atom stereocenters. The molecule has 0 saturated carbocycles. The molecule has 6 nitrogen and oxygen atoms in total. The van der Waals surface area contributed by atoms with E-state index in [2.05, 4.69) is 20.6 Å². The van der Waals surface area contributed by atoms with Crippen LogP contribution in [0.5, 0.6) is 11.5 Å². The molecule has 5 aromatic rings. The summed E-state index contributed by atoms with van der Waals surface area (Å²) in [4.78, 5) is 21.4. The van der Waals surface area contributed by atoms with Crippen LogP contribution in [0.4, 0.5) is 17.1 Å². The summed E-state index contributed by atoms with van der Waals surface area (Å²) in [6.45, 7) is 2.04. The first-order chi connectivity index (χ1) is 16.7. The SMILES string of the molecule is Cc1cccc2c(Nc3cccc(C(=O)Nc4cccc(Oc5ccncc5)c4)c3)ccnc12. The molecule has 2 aromatic heterocycles. The van der Waals surface area contributed by atoms with Crippen LogP contribution in [0.1, 0.15) is 15.9 Å². The molecule has 2 heterocycles. The summed E-state index contributed by atoms with van der Waals surface area (Å²) in [5.41, 5.74) is 5.01. The second kappa shape index (κ2) is 9.42. The number of nitrogens with zero attached hydrogens (tertiary/aromatic N) is 2. The number of para-hydroxylation sites is 1. The Labute approximate surface area is 197 Å². The topological polar surface area (TPSA) is 76.1 Å². The van der Waals surface area contributed by atoms with Gasteiger partial charge in [0, 0.05) is 52.7 Å². The summed E-state index contributed by atoms with van der Waals surface area (Å²) >= 11 is 0. The van der Waals surface area contributed by atoms with Crippen LogP contribution in [0, 0.1) is 6.92 Å². The Morgan fingerprint density at radius 1 is 0.794 bits per heavy atom. The van der Waals surface area contributed by atoms with Crippen molar-refractivity contribution in [2.24, 2.45) is 0 Å². The van der Waals surface area contributed by atoms with Gasteiger partial charge in [-0.1, -0.05) is 30.3 Å². The number of carbonyl (C=O) groups excluding carboxylic acids is 1. The molecule has 0 radical (unpaired) electrons. The van der Waals surface area contributed by atoms with Crippen LogP contribution >= 0.6 is 0 Å². The van der Waals surface area contributed by atoms with Gasteiger partial charge in [-0.25, -0.2) is 0 Å². The average Bonchev–Trinajstić information content (AvgIpc) is 2.86. The summed E-state index contributed by atoms with van der Waals surface area (Å²) in [6, 6.07) is 26.3. The Bertz CT molecular complexity index is 1470. The van der Waals surface area contributed by atoms with Crippen LogP contribution in [0.2, 0.25) is 0 Å². The van der Waals surface area contributed by atoms with Gasteiger partial charge < -0.3 is 15.4 Å². The molecule has 6 heteroatoms. The maximum absolute atomic E-state index is 12.9. The fourth-order valence-corrected chi connectivity index (χ4v) is 3.71. The van der Waals surface area contributed by atoms with Gasteiger partial charge in [0.15, 0.2) is 0 Å². The molecule has 166 valence electrons. The number of ether oxygens (including phenoxy) is 1. The van der Waals surface area contributed by atoms with Gasteiger partial charge in [-0.05, 0) is 61.0 Å². The van der Waals surface area contributed by atoms with Crippen molar-refractivity contribution in [1.82, 2.24) is 9.97 Å². The zero-order chi connectivity index (χ0) is 23.3. The second-order valence-electron chi connectivity index (χ2n) is 7.80. The van der Waals surface area contributed by atoms with E-state index >= 15 is 0 Å². The first-order valence-electron chi connectivity index (χ1n) is 10.9. The highest BCUT2D eigenvalue weighted by atomic mass is 16.5.